The molecule has 0 aromatic heterocycles. The second-order valence-electron chi connectivity index (χ2n) is 9.31. The molecule has 32 heavy (non-hydrogen) atoms. The number of nitrogens with one attached hydrogen (secondary N) is 1. The van der Waals surface area contributed by atoms with E-state index >= 15 is 0 Å². The van der Waals surface area contributed by atoms with Gasteiger partial charge in [-0.15, -0.1) is 0 Å². The largest absolute Gasteiger partial charge is 0.339 e. The molecule has 1 aromatic carbocycles. The lowest BCUT2D eigenvalue weighted by Crippen LogP contribution is -2.57. The summed E-state index contributed by atoms with van der Waals surface area (Å²) in [6.45, 7) is 3.14. The molecule has 9 heteroatoms. The van der Waals surface area contributed by atoms with Crippen LogP contribution in [0.2, 0.25) is 5.02 Å². The quantitative estimate of drug-likeness (QED) is 0.560. The normalized spacial score (nSPS) is 20.8. The van der Waals surface area contributed by atoms with Crippen LogP contribution in [0.4, 0.5) is 0 Å². The third-order valence-electron chi connectivity index (χ3n) is 6.74. The summed E-state index contributed by atoms with van der Waals surface area (Å²) in [6, 6.07) is 7.00. The van der Waals surface area contributed by atoms with Crippen LogP contribution < -0.4 is 10.5 Å². The van der Waals surface area contributed by atoms with Crippen molar-refractivity contribution >= 4 is 27.5 Å². The Balaban J connectivity index is 1.53. The summed E-state index contributed by atoms with van der Waals surface area (Å²) in [5.74, 6) is 0.625. The molecule has 0 radical (unpaired) electrons. The van der Waals surface area contributed by atoms with Crippen molar-refractivity contribution in [1.82, 2.24) is 14.5 Å². The van der Waals surface area contributed by atoms with Gasteiger partial charge in [0.1, 0.15) is 0 Å². The summed E-state index contributed by atoms with van der Waals surface area (Å²) in [5.41, 5.74) is 7.21. The van der Waals surface area contributed by atoms with Crippen LogP contribution >= 0.6 is 11.6 Å². The van der Waals surface area contributed by atoms with E-state index in [0.717, 1.165) is 25.1 Å². The predicted octanol–water partition coefficient (Wildman–Crippen LogP) is 2.24. The van der Waals surface area contributed by atoms with Crippen LogP contribution in [0, 0.1) is 5.92 Å². The molecule has 2 fully saturated rings. The Morgan fingerprint density at radius 1 is 1.12 bits per heavy atom. The van der Waals surface area contributed by atoms with Crippen molar-refractivity contribution in [2.75, 3.05) is 39.0 Å². The van der Waals surface area contributed by atoms with E-state index in [0.29, 0.717) is 37.0 Å². The zero-order chi connectivity index (χ0) is 23.1. The Morgan fingerprint density at radius 2 is 1.75 bits per heavy atom. The lowest BCUT2D eigenvalue weighted by atomic mass is 9.84. The van der Waals surface area contributed by atoms with Gasteiger partial charge in [0.25, 0.3) is 0 Å². The van der Waals surface area contributed by atoms with Crippen molar-refractivity contribution in [3.05, 3.63) is 34.9 Å². The number of nitrogens with zero attached hydrogens (tertiary/aromatic N) is 2. The number of piperazine rings is 1. The fourth-order valence-corrected chi connectivity index (χ4v) is 5.54. The molecule has 1 saturated carbocycles. The topological polar surface area (TPSA) is 95.7 Å². The van der Waals surface area contributed by atoms with Crippen molar-refractivity contribution < 1.29 is 13.2 Å². The summed E-state index contributed by atoms with van der Waals surface area (Å²) in [4.78, 5) is 17.1. The van der Waals surface area contributed by atoms with Crippen LogP contribution in [-0.2, 0) is 21.2 Å². The van der Waals surface area contributed by atoms with Crippen LogP contribution in [0.25, 0.3) is 0 Å². The maximum absolute atomic E-state index is 12.9. The van der Waals surface area contributed by atoms with Crippen molar-refractivity contribution in [2.24, 2.45) is 11.7 Å². The third kappa shape index (κ3) is 7.99. The fourth-order valence-electron chi connectivity index (χ4n) is 4.92. The second kappa shape index (κ2) is 11.8. The highest BCUT2D eigenvalue weighted by molar-refractivity contribution is 7.88. The minimum Gasteiger partial charge on any atom is -0.339 e. The number of amides is 1. The number of carbonyl (C=O) groups is 1. The van der Waals surface area contributed by atoms with Crippen molar-refractivity contribution in [1.29, 1.82) is 0 Å². The number of halogens is 1. The molecule has 180 valence electrons. The molecule has 2 unspecified atom stereocenters. The van der Waals surface area contributed by atoms with Gasteiger partial charge in [0, 0.05) is 43.8 Å². The average molecular weight is 485 g/mol. The van der Waals surface area contributed by atoms with Crippen LogP contribution in [-0.4, -0.2) is 75.2 Å². The van der Waals surface area contributed by atoms with E-state index in [9.17, 15) is 13.2 Å². The van der Waals surface area contributed by atoms with Gasteiger partial charge in [0.05, 0.1) is 12.3 Å². The molecule has 2 atom stereocenters. The molecule has 3 rings (SSSR count). The Hall–Kier alpha value is -1.19. The number of rotatable bonds is 9. The maximum Gasteiger partial charge on any atom is 0.239 e. The number of carbonyl (C=O) groups excluding carboxylic acids is 1. The summed E-state index contributed by atoms with van der Waals surface area (Å²) >= 11 is 5.93. The van der Waals surface area contributed by atoms with Gasteiger partial charge in [-0.3, -0.25) is 9.69 Å². The number of hydrogen-bond donors (Lipinski definition) is 2. The first-order valence-electron chi connectivity index (χ1n) is 11.7. The Labute approximate surface area is 197 Å². The molecule has 2 aliphatic rings. The maximum atomic E-state index is 12.9. The van der Waals surface area contributed by atoms with Crippen LogP contribution in [0.3, 0.4) is 0 Å². The van der Waals surface area contributed by atoms with Gasteiger partial charge in [-0.05, 0) is 36.5 Å². The summed E-state index contributed by atoms with van der Waals surface area (Å²) < 4.78 is 26.1. The predicted molar refractivity (Wildman–Crippen MR) is 129 cm³/mol. The molecule has 1 amide bonds. The molecule has 1 aliphatic carbocycles. The van der Waals surface area contributed by atoms with Gasteiger partial charge in [-0.1, -0.05) is 55.8 Å². The molecule has 1 aliphatic heterocycles. The second-order valence-corrected chi connectivity index (χ2v) is 11.6. The van der Waals surface area contributed by atoms with Gasteiger partial charge in [-0.2, -0.15) is 0 Å². The van der Waals surface area contributed by atoms with Crippen LogP contribution in [0.15, 0.2) is 24.3 Å². The van der Waals surface area contributed by atoms with E-state index < -0.39 is 16.1 Å². The molecule has 0 spiro atoms. The number of sulfonamides is 1. The van der Waals surface area contributed by atoms with Gasteiger partial charge < -0.3 is 10.6 Å². The Kier molecular flexibility index (Phi) is 9.37. The van der Waals surface area contributed by atoms with E-state index in [1.807, 2.05) is 29.2 Å². The lowest BCUT2D eigenvalue weighted by molar-refractivity contribution is -0.134. The zero-order valence-corrected chi connectivity index (χ0v) is 20.6. The van der Waals surface area contributed by atoms with Crippen LogP contribution in [0.5, 0.6) is 0 Å². The highest BCUT2D eigenvalue weighted by atomic mass is 35.5. The first kappa shape index (κ1) is 25.4. The number of hydrogen-bond acceptors (Lipinski definition) is 5. The van der Waals surface area contributed by atoms with E-state index in [-0.39, 0.29) is 11.9 Å². The number of nitrogens with two attached hydrogens (primary N) is 1. The third-order valence-corrected chi connectivity index (χ3v) is 7.68. The Bertz CT molecular complexity index is 835. The molecule has 1 heterocycles. The smallest absolute Gasteiger partial charge is 0.239 e. The summed E-state index contributed by atoms with van der Waals surface area (Å²) in [6.07, 6.45) is 9.00. The van der Waals surface area contributed by atoms with Gasteiger partial charge in [0.15, 0.2) is 0 Å². The lowest BCUT2D eigenvalue weighted by Gasteiger charge is -2.41. The molecule has 1 saturated heterocycles. The van der Waals surface area contributed by atoms with Crippen molar-refractivity contribution in [3.63, 3.8) is 0 Å². The molecule has 1 aromatic rings. The summed E-state index contributed by atoms with van der Waals surface area (Å²) in [7, 11) is -3.23. The van der Waals surface area contributed by atoms with E-state index in [1.54, 1.807) is 0 Å². The van der Waals surface area contributed by atoms with Gasteiger partial charge in [0.2, 0.25) is 15.9 Å². The number of benzene rings is 1. The highest BCUT2D eigenvalue weighted by Crippen LogP contribution is 2.29. The molecule has 3 N–H and O–H groups in total. The zero-order valence-electron chi connectivity index (χ0n) is 19.0. The van der Waals surface area contributed by atoms with E-state index in [1.165, 1.54) is 38.4 Å². The minimum absolute atomic E-state index is 0.0299. The van der Waals surface area contributed by atoms with Gasteiger partial charge >= 0.3 is 0 Å². The first-order chi connectivity index (χ1) is 15.2. The monoisotopic (exact) mass is 484 g/mol. The van der Waals surface area contributed by atoms with Crippen LogP contribution in [0.1, 0.15) is 44.1 Å². The first-order valence-corrected chi connectivity index (χ1v) is 14.0. The molecular formula is C23H37ClN4O3S. The minimum atomic E-state index is -3.23. The fraction of sp³-hybridized carbons (Fsp3) is 0.696. The molecule has 0 bridgehead atoms. The summed E-state index contributed by atoms with van der Waals surface area (Å²) in [5, 5.41) is 0.665. The van der Waals surface area contributed by atoms with Gasteiger partial charge in [-0.25, -0.2) is 13.1 Å². The average Bonchev–Trinajstić information content (AvgIpc) is 2.78. The van der Waals surface area contributed by atoms with Crippen molar-refractivity contribution in [3.8, 4) is 0 Å². The Morgan fingerprint density at radius 3 is 2.34 bits per heavy atom. The molecular weight excluding hydrogens is 448 g/mol. The van der Waals surface area contributed by atoms with E-state index in [4.69, 9.17) is 17.3 Å². The van der Waals surface area contributed by atoms with E-state index in [2.05, 4.69) is 9.62 Å². The standard InChI is InChI=1S/C23H37ClN4O3S/c1-32(30,31)26-17-21(15-18-5-3-2-4-6-18)27-11-13-28(14-12-27)23(29)22(25)16-19-7-9-20(24)10-8-19/h7-10,18,21-22,26H,2-6,11-17,25H2,1H3. The molecule has 7 nitrogen and oxygen atoms in total. The highest BCUT2D eigenvalue weighted by Gasteiger charge is 2.30. The van der Waals surface area contributed by atoms with Crippen molar-refractivity contribution in [2.45, 2.75) is 57.0 Å². The SMILES string of the molecule is CS(=O)(=O)NCC(CC1CCCCC1)N1CCN(C(=O)C(N)Cc2ccc(Cl)cc2)CC1.